The third-order valence-corrected chi connectivity index (χ3v) is 2.39. The van der Waals surface area contributed by atoms with Crippen LogP contribution in [0, 0.1) is 52.6 Å². The first kappa shape index (κ1) is 15.1. The number of rotatable bonds is 1. The fraction of sp³-hybridized carbons (Fsp3) is 0. The summed E-state index contributed by atoms with van der Waals surface area (Å²) >= 11 is 0. The molecule has 0 aliphatic carbocycles. The number of hydrogen-bond acceptors (Lipinski definition) is 0. The molecule has 0 atom stereocenters. The Morgan fingerprint density at radius 3 is 1.29 bits per heavy atom. The molecule has 1 nitrogen and oxygen atoms in total. The van der Waals surface area contributed by atoms with Gasteiger partial charge in [-0.05, 0) is 0 Å². The second-order valence-electron chi connectivity index (χ2n) is 3.59. The Labute approximate surface area is 109 Å². The lowest BCUT2D eigenvalue weighted by Gasteiger charge is -2.03. The van der Waals surface area contributed by atoms with Gasteiger partial charge in [0.05, 0.1) is 0 Å². The van der Waals surface area contributed by atoms with Crippen LogP contribution in [0.25, 0.3) is 11.3 Å². The Morgan fingerprint density at radius 1 is 0.429 bits per heavy atom. The lowest BCUT2D eigenvalue weighted by molar-refractivity contribution is 0.270. The van der Waals surface area contributed by atoms with Gasteiger partial charge >= 0.3 is 11.8 Å². The molecule has 1 aromatic carbocycles. The molecular formula is C11F9O+. The SMILES string of the molecule is Fc1[o+]c(-c2c(F)c(F)c(F)c(F)c2F)c(F)c(F)c1F. The molecule has 0 N–H and O–H groups in total. The zero-order chi connectivity index (χ0) is 16.1. The normalized spacial score (nSPS) is 11.1. The fourth-order valence-electron chi connectivity index (χ4n) is 1.43. The average Bonchev–Trinajstić information content (AvgIpc) is 2.46. The molecule has 10 heteroatoms. The van der Waals surface area contributed by atoms with Gasteiger partial charge in [-0.25, -0.2) is 22.0 Å². The molecule has 1 aromatic heterocycles. The fourth-order valence-corrected chi connectivity index (χ4v) is 1.43. The summed E-state index contributed by atoms with van der Waals surface area (Å²) in [5.41, 5.74) is -2.07. The van der Waals surface area contributed by atoms with E-state index in [1.165, 1.54) is 0 Å². The maximum absolute atomic E-state index is 13.3. The predicted molar refractivity (Wildman–Crippen MR) is 48.2 cm³/mol. The van der Waals surface area contributed by atoms with Gasteiger partial charge in [0, 0.05) is 0 Å². The van der Waals surface area contributed by atoms with Crippen molar-refractivity contribution in [1.29, 1.82) is 0 Å². The van der Waals surface area contributed by atoms with Crippen LogP contribution in [0.2, 0.25) is 0 Å². The van der Waals surface area contributed by atoms with Crippen LogP contribution in [-0.2, 0) is 0 Å². The Hall–Kier alpha value is -2.26. The summed E-state index contributed by atoms with van der Waals surface area (Å²) in [4.78, 5) is 0. The Kier molecular flexibility index (Phi) is 3.56. The van der Waals surface area contributed by atoms with E-state index in [1.807, 2.05) is 0 Å². The van der Waals surface area contributed by atoms with Crippen LogP contribution in [0.4, 0.5) is 39.5 Å². The van der Waals surface area contributed by atoms with E-state index in [0.717, 1.165) is 0 Å². The largest absolute Gasteiger partial charge is 0.553 e. The van der Waals surface area contributed by atoms with Gasteiger partial charge in [0.1, 0.15) is 0 Å². The highest BCUT2D eigenvalue weighted by Crippen LogP contribution is 2.34. The molecule has 0 unspecified atom stereocenters. The van der Waals surface area contributed by atoms with E-state index < -0.39 is 63.9 Å². The van der Waals surface area contributed by atoms with E-state index in [0.29, 0.717) is 0 Å². The molecule has 0 spiro atoms. The van der Waals surface area contributed by atoms with Gasteiger partial charge in [-0.15, -0.1) is 4.39 Å². The molecule has 0 bridgehead atoms. The third-order valence-electron chi connectivity index (χ3n) is 2.39. The average molecular weight is 319 g/mol. The van der Waals surface area contributed by atoms with Crippen LogP contribution in [0.3, 0.4) is 0 Å². The molecule has 0 aliphatic rings. The van der Waals surface area contributed by atoms with Gasteiger partial charge in [-0.3, -0.25) is 0 Å². The van der Waals surface area contributed by atoms with Crippen LogP contribution < -0.4 is 0 Å². The summed E-state index contributed by atoms with van der Waals surface area (Å²) in [6.07, 6.45) is 0. The molecular weight excluding hydrogens is 319 g/mol. The highest BCUT2D eigenvalue weighted by Gasteiger charge is 2.40. The van der Waals surface area contributed by atoms with Gasteiger partial charge in [0.2, 0.25) is 11.6 Å². The monoisotopic (exact) mass is 319 g/mol. The molecule has 0 saturated heterocycles. The maximum atomic E-state index is 13.3. The van der Waals surface area contributed by atoms with Crippen molar-refractivity contribution in [3.05, 3.63) is 52.6 Å². The molecule has 21 heavy (non-hydrogen) atoms. The topological polar surface area (TPSA) is 11.3 Å². The molecule has 1 heterocycles. The summed E-state index contributed by atoms with van der Waals surface area (Å²) in [5, 5.41) is 0. The van der Waals surface area contributed by atoms with Crippen LogP contribution >= 0.6 is 0 Å². The first-order valence-corrected chi connectivity index (χ1v) is 4.86. The number of benzene rings is 1. The third kappa shape index (κ3) is 2.10. The quantitative estimate of drug-likeness (QED) is 0.326. The van der Waals surface area contributed by atoms with Gasteiger partial charge < -0.3 is 0 Å². The minimum atomic E-state index is -2.58. The predicted octanol–water partition coefficient (Wildman–Crippen LogP) is 4.48. The zero-order valence-electron chi connectivity index (χ0n) is 9.31. The lowest BCUT2D eigenvalue weighted by atomic mass is 10.1. The van der Waals surface area contributed by atoms with Crippen LogP contribution in [0.5, 0.6) is 0 Å². The zero-order valence-corrected chi connectivity index (χ0v) is 9.31. The molecule has 0 amide bonds. The smallest absolute Gasteiger partial charge is 0.202 e. The molecule has 0 radical (unpaired) electrons. The molecule has 0 aliphatic heterocycles. The van der Waals surface area contributed by atoms with E-state index in [1.54, 1.807) is 0 Å². The van der Waals surface area contributed by atoms with Crippen molar-refractivity contribution in [2.24, 2.45) is 0 Å². The van der Waals surface area contributed by atoms with E-state index in [2.05, 4.69) is 4.42 Å². The molecule has 0 saturated carbocycles. The van der Waals surface area contributed by atoms with Crippen molar-refractivity contribution in [3.8, 4) is 11.3 Å². The Bertz CT molecular complexity index is 727. The summed E-state index contributed by atoms with van der Waals surface area (Å²) < 4.78 is 121. The first-order chi connectivity index (χ1) is 9.68. The van der Waals surface area contributed by atoms with Crippen molar-refractivity contribution in [2.75, 3.05) is 0 Å². The van der Waals surface area contributed by atoms with Crippen molar-refractivity contribution in [3.63, 3.8) is 0 Å². The van der Waals surface area contributed by atoms with E-state index in [4.69, 9.17) is 0 Å². The summed E-state index contributed by atoms with van der Waals surface area (Å²) in [5.74, 6) is -22.2. The van der Waals surface area contributed by atoms with Crippen LogP contribution in [0.15, 0.2) is 4.42 Å². The lowest BCUT2D eigenvalue weighted by Crippen LogP contribution is -2.07. The highest BCUT2D eigenvalue weighted by molar-refractivity contribution is 5.60. The second kappa shape index (κ2) is 4.93. The van der Waals surface area contributed by atoms with Gasteiger partial charge in [-0.2, -0.15) is 17.6 Å². The number of hydrogen-bond donors (Lipinski definition) is 0. The maximum Gasteiger partial charge on any atom is 0.553 e. The molecule has 2 aromatic rings. The first-order valence-electron chi connectivity index (χ1n) is 4.86. The van der Waals surface area contributed by atoms with Gasteiger partial charge in [0.15, 0.2) is 28.8 Å². The Morgan fingerprint density at radius 2 is 0.810 bits per heavy atom. The van der Waals surface area contributed by atoms with E-state index in [9.17, 15) is 39.5 Å². The standard InChI is InChI=1S/C11F9O/c12-2-1(3(13)5(15)6(16)4(2)14)10-8(18)7(17)9(19)11(20)21-10/q+1. The molecule has 112 valence electrons. The Balaban J connectivity index is 2.93. The number of halogens is 9. The summed E-state index contributed by atoms with van der Waals surface area (Å²) in [6, 6.07) is -2.44. The second-order valence-corrected chi connectivity index (χ2v) is 3.59. The van der Waals surface area contributed by atoms with Crippen molar-refractivity contribution < 1.29 is 43.9 Å². The van der Waals surface area contributed by atoms with Crippen molar-refractivity contribution in [2.45, 2.75) is 0 Å². The minimum Gasteiger partial charge on any atom is -0.202 e. The van der Waals surface area contributed by atoms with Crippen molar-refractivity contribution >= 4 is 0 Å². The summed E-state index contributed by atoms with van der Waals surface area (Å²) in [7, 11) is 0. The molecule has 2 rings (SSSR count). The van der Waals surface area contributed by atoms with Crippen LogP contribution in [-0.4, -0.2) is 0 Å². The highest BCUT2D eigenvalue weighted by atomic mass is 19.2. The van der Waals surface area contributed by atoms with Gasteiger partial charge in [0.25, 0.3) is 11.6 Å². The molecule has 0 fully saturated rings. The van der Waals surface area contributed by atoms with Gasteiger partial charge in [-0.1, -0.05) is 0 Å². The summed E-state index contributed by atoms with van der Waals surface area (Å²) in [6.45, 7) is 0. The minimum absolute atomic E-state index is 2.01. The van der Waals surface area contributed by atoms with Crippen LogP contribution in [0.1, 0.15) is 0 Å². The van der Waals surface area contributed by atoms with Crippen molar-refractivity contribution in [1.82, 2.24) is 0 Å². The van der Waals surface area contributed by atoms with E-state index in [-0.39, 0.29) is 0 Å². The van der Waals surface area contributed by atoms with E-state index >= 15 is 0 Å².